The third-order valence-electron chi connectivity index (χ3n) is 8.83. The third kappa shape index (κ3) is 8.42. The number of nitrogens with one attached hydrogen (secondary N) is 2. The fourth-order valence-electron chi connectivity index (χ4n) is 5.91. The second-order valence-corrected chi connectivity index (χ2v) is 12.0. The van der Waals surface area contributed by atoms with Crippen LogP contribution in [0.1, 0.15) is 0 Å². The van der Waals surface area contributed by atoms with Crippen LogP contribution in [-0.4, -0.2) is 234 Å². The van der Waals surface area contributed by atoms with Gasteiger partial charge in [0.1, 0.15) is 110 Å². The highest BCUT2D eigenvalue weighted by atomic mass is 16.7. The summed E-state index contributed by atoms with van der Waals surface area (Å²) in [5, 5.41) is 148. The molecule has 0 radical (unpaired) electrons. The minimum Gasteiger partial charge on any atom is -0.394 e. The first-order chi connectivity index (χ1) is 22.8. The molecule has 48 heavy (non-hydrogen) atoms. The summed E-state index contributed by atoms with van der Waals surface area (Å²) in [7, 11) is 0. The van der Waals surface area contributed by atoms with Crippen LogP contribution in [0.25, 0.3) is 0 Å². The van der Waals surface area contributed by atoms with Gasteiger partial charge in [0.05, 0.1) is 26.4 Å². The van der Waals surface area contributed by atoms with E-state index in [1.807, 2.05) is 0 Å². The van der Waals surface area contributed by atoms with Crippen LogP contribution in [0.5, 0.6) is 0 Å². The van der Waals surface area contributed by atoms with E-state index in [-0.39, 0.29) is 13.1 Å². The summed E-state index contributed by atoms with van der Waals surface area (Å²) in [4.78, 5) is 0. The Morgan fingerprint density at radius 3 is 0.979 bits per heavy atom. The zero-order valence-corrected chi connectivity index (χ0v) is 25.5. The van der Waals surface area contributed by atoms with E-state index in [0.717, 1.165) is 0 Å². The molecule has 0 amide bonds. The molecule has 0 bridgehead atoms. The highest BCUT2D eigenvalue weighted by Gasteiger charge is 2.52. The van der Waals surface area contributed by atoms with Gasteiger partial charge >= 0.3 is 0 Å². The molecule has 0 saturated carbocycles. The third-order valence-corrected chi connectivity index (χ3v) is 8.83. The molecule has 0 aromatic carbocycles. The number of aliphatic hydroxyl groups excluding tert-OH is 14. The van der Waals surface area contributed by atoms with Crippen LogP contribution in [0.3, 0.4) is 0 Å². The fraction of sp³-hybridized carbons (Fsp3) is 1.00. The Morgan fingerprint density at radius 1 is 0.375 bits per heavy atom. The molecule has 4 aliphatic heterocycles. The van der Waals surface area contributed by atoms with Crippen LogP contribution < -0.4 is 10.6 Å². The monoisotopic (exact) mass is 708 g/mol. The standard InChI is InChI=1S/C26H48N2O20/c29-3-7-13(35)17(39)21(47-25-19(41)15(37)11(33)9(5-31)45-25)23(43-7)27-1-2-28-24-22(18(40)14(36)8(4-30)44-24)48-26-20(42)16(38)12(34)10(6-32)46-26/h7-42H,1-6H2/t7-,8-,9-,10-,11-,12-,13-,14-,15+,16+,17+,18+,19+,20+,21+,22+,23+,24+,25-,26-/m1/s1. The van der Waals surface area contributed by atoms with Crippen LogP contribution in [0.15, 0.2) is 0 Å². The van der Waals surface area contributed by atoms with Gasteiger partial charge in [-0.05, 0) is 0 Å². The lowest BCUT2D eigenvalue weighted by Crippen LogP contribution is -2.67. The van der Waals surface area contributed by atoms with Gasteiger partial charge in [0.25, 0.3) is 0 Å². The molecule has 4 aliphatic rings. The van der Waals surface area contributed by atoms with Crippen molar-refractivity contribution in [2.45, 2.75) is 123 Å². The van der Waals surface area contributed by atoms with Gasteiger partial charge in [-0.2, -0.15) is 0 Å². The molecule has 20 atom stereocenters. The number of hydrogen-bond donors (Lipinski definition) is 16. The Labute approximate surface area is 273 Å². The Kier molecular flexibility index (Phi) is 14.6. The van der Waals surface area contributed by atoms with Gasteiger partial charge in [-0.15, -0.1) is 0 Å². The Morgan fingerprint density at radius 2 is 0.667 bits per heavy atom. The maximum absolute atomic E-state index is 10.8. The minimum absolute atomic E-state index is 0.102. The lowest BCUT2D eigenvalue weighted by molar-refractivity contribution is -0.344. The van der Waals surface area contributed by atoms with E-state index in [4.69, 9.17) is 28.4 Å². The van der Waals surface area contributed by atoms with Gasteiger partial charge in [-0.3, -0.25) is 10.6 Å². The molecule has 0 aliphatic carbocycles. The Balaban J connectivity index is 1.43. The first kappa shape index (κ1) is 39.9. The van der Waals surface area contributed by atoms with Gasteiger partial charge in [0, 0.05) is 13.1 Å². The maximum atomic E-state index is 10.8. The largest absolute Gasteiger partial charge is 0.394 e. The fourth-order valence-corrected chi connectivity index (χ4v) is 5.91. The van der Waals surface area contributed by atoms with Crippen molar-refractivity contribution in [3.8, 4) is 0 Å². The zero-order chi connectivity index (χ0) is 35.4. The van der Waals surface area contributed by atoms with Crippen LogP contribution in [0.2, 0.25) is 0 Å². The first-order valence-corrected chi connectivity index (χ1v) is 15.4. The van der Waals surface area contributed by atoms with Gasteiger partial charge < -0.3 is 99.9 Å². The molecule has 4 rings (SSSR count). The van der Waals surface area contributed by atoms with E-state index < -0.39 is 149 Å². The smallest absolute Gasteiger partial charge is 0.187 e. The van der Waals surface area contributed by atoms with Crippen molar-refractivity contribution >= 4 is 0 Å². The molecule has 22 nitrogen and oxygen atoms in total. The second kappa shape index (κ2) is 17.6. The quantitative estimate of drug-likeness (QED) is 0.0789. The molecule has 16 N–H and O–H groups in total. The van der Waals surface area contributed by atoms with Gasteiger partial charge in [-0.25, -0.2) is 0 Å². The number of ether oxygens (including phenoxy) is 6. The SMILES string of the molecule is OC[C@H]1O[C@H](O[C@H]2[C@@H](O)[C@H](O)[C@@H](CO)O[C@@H]2NCCN[C@H]2O[C@H](CO)[C@@H](O)[C@H](O)[C@@H]2O[C@H]2O[C@H](CO)[C@@H](O)[C@H](O)[C@@H]2O)[C@@H](O)[C@@H](O)[C@@H]1O. The topological polar surface area (TPSA) is 363 Å². The van der Waals surface area contributed by atoms with Crippen molar-refractivity contribution in [2.75, 3.05) is 39.5 Å². The molecule has 0 unspecified atom stereocenters. The Bertz CT molecular complexity index is 898. The highest BCUT2D eigenvalue weighted by Crippen LogP contribution is 2.30. The van der Waals surface area contributed by atoms with Gasteiger partial charge in [0.15, 0.2) is 12.6 Å². The van der Waals surface area contributed by atoms with Crippen LogP contribution in [0.4, 0.5) is 0 Å². The van der Waals surface area contributed by atoms with E-state index in [1.54, 1.807) is 0 Å². The van der Waals surface area contributed by atoms with Crippen molar-refractivity contribution in [3.05, 3.63) is 0 Å². The molecular weight excluding hydrogens is 660 g/mol. The van der Waals surface area contributed by atoms with Crippen LogP contribution >= 0.6 is 0 Å². The summed E-state index contributed by atoms with van der Waals surface area (Å²) in [6.45, 7) is -3.17. The normalized spacial score (nSPS) is 50.4. The van der Waals surface area contributed by atoms with E-state index in [9.17, 15) is 71.5 Å². The van der Waals surface area contributed by atoms with Gasteiger partial charge in [0.2, 0.25) is 0 Å². The summed E-state index contributed by atoms with van der Waals surface area (Å²) >= 11 is 0. The van der Waals surface area contributed by atoms with Crippen molar-refractivity contribution in [3.63, 3.8) is 0 Å². The van der Waals surface area contributed by atoms with Crippen molar-refractivity contribution in [2.24, 2.45) is 0 Å². The summed E-state index contributed by atoms with van der Waals surface area (Å²) in [6.07, 6.45) is -32.0. The van der Waals surface area contributed by atoms with Crippen LogP contribution in [0, 0.1) is 0 Å². The van der Waals surface area contributed by atoms with E-state index in [1.165, 1.54) is 0 Å². The second-order valence-electron chi connectivity index (χ2n) is 12.0. The first-order valence-electron chi connectivity index (χ1n) is 15.4. The highest BCUT2D eigenvalue weighted by molar-refractivity contribution is 4.97. The summed E-state index contributed by atoms with van der Waals surface area (Å²) in [5.74, 6) is 0. The zero-order valence-electron chi connectivity index (χ0n) is 25.5. The molecule has 4 heterocycles. The van der Waals surface area contributed by atoms with Crippen molar-refractivity contribution in [1.82, 2.24) is 10.6 Å². The van der Waals surface area contributed by atoms with E-state index >= 15 is 0 Å². The molecule has 282 valence electrons. The molecule has 0 aromatic heterocycles. The number of rotatable bonds is 13. The van der Waals surface area contributed by atoms with Crippen molar-refractivity contribution in [1.29, 1.82) is 0 Å². The predicted molar refractivity (Wildman–Crippen MR) is 149 cm³/mol. The average Bonchev–Trinajstić information content (AvgIpc) is 3.08. The molecule has 4 saturated heterocycles. The number of hydrogen-bond acceptors (Lipinski definition) is 22. The average molecular weight is 709 g/mol. The maximum Gasteiger partial charge on any atom is 0.187 e. The van der Waals surface area contributed by atoms with Crippen molar-refractivity contribution < 1.29 is 99.9 Å². The van der Waals surface area contributed by atoms with Crippen LogP contribution in [-0.2, 0) is 28.4 Å². The number of aliphatic hydroxyl groups is 14. The summed E-state index contributed by atoms with van der Waals surface area (Å²) in [6, 6.07) is 0. The Hall–Kier alpha value is -0.880. The lowest BCUT2D eigenvalue weighted by Gasteiger charge is -2.47. The predicted octanol–water partition coefficient (Wildman–Crippen LogP) is -10.6. The van der Waals surface area contributed by atoms with Gasteiger partial charge in [-0.1, -0.05) is 0 Å². The lowest BCUT2D eigenvalue weighted by atomic mass is 9.96. The molecule has 0 aromatic rings. The summed E-state index contributed by atoms with van der Waals surface area (Å²) in [5.41, 5.74) is 0. The molecule has 22 heteroatoms. The molecule has 0 spiro atoms. The molecule has 4 fully saturated rings. The molecular formula is C26H48N2O20. The van der Waals surface area contributed by atoms with E-state index in [2.05, 4.69) is 10.6 Å². The van der Waals surface area contributed by atoms with E-state index in [0.29, 0.717) is 0 Å². The summed E-state index contributed by atoms with van der Waals surface area (Å²) < 4.78 is 33.3. The minimum atomic E-state index is -1.85.